The number of carboxylic acid groups (broad SMARTS) is 2. The van der Waals surface area contributed by atoms with Crippen molar-refractivity contribution in [1.82, 2.24) is 16.0 Å². The molecule has 0 spiro atoms. The minimum atomic E-state index is -1.66. The number of aliphatic carboxylic acids is 2. The molecule has 0 radical (unpaired) electrons. The second-order valence-electron chi connectivity index (χ2n) is 7.08. The van der Waals surface area contributed by atoms with E-state index in [-0.39, 0.29) is 12.2 Å². The van der Waals surface area contributed by atoms with Gasteiger partial charge in [-0.3, -0.25) is 24.0 Å². The molecule has 4 unspecified atom stereocenters. The zero-order valence-corrected chi connectivity index (χ0v) is 18.1. The first-order valence-corrected chi connectivity index (χ1v) is 9.93. The molecular formula is C17H29N5O8S. The number of carbonyl (C=O) groups excluding carboxylic acids is 4. The maximum atomic E-state index is 12.7. The summed E-state index contributed by atoms with van der Waals surface area (Å²) in [7, 11) is 0. The van der Waals surface area contributed by atoms with Crippen LogP contribution in [-0.2, 0) is 28.8 Å². The van der Waals surface area contributed by atoms with Gasteiger partial charge in [-0.2, -0.15) is 12.6 Å². The average molecular weight is 464 g/mol. The number of nitrogens with one attached hydrogen (secondary N) is 3. The highest BCUT2D eigenvalue weighted by atomic mass is 32.1. The Balaban J connectivity index is 5.50. The van der Waals surface area contributed by atoms with Gasteiger partial charge in [0, 0.05) is 12.2 Å². The fourth-order valence-corrected chi connectivity index (χ4v) is 2.52. The summed E-state index contributed by atoms with van der Waals surface area (Å²) in [6.07, 6.45) is -1.59. The van der Waals surface area contributed by atoms with Crippen LogP contribution < -0.4 is 27.4 Å². The lowest BCUT2D eigenvalue weighted by molar-refractivity contribution is -0.144. The molecule has 0 heterocycles. The summed E-state index contributed by atoms with van der Waals surface area (Å²) in [5.41, 5.74) is 10.5. The van der Waals surface area contributed by atoms with E-state index in [0.717, 1.165) is 0 Å². The predicted octanol–water partition coefficient (Wildman–Crippen LogP) is -2.82. The SMILES string of the molecule is CC(C)C(NC(=O)C(N)CS)C(=O)NC(CCC(=O)O)C(=O)NC(CC(N)=O)C(=O)O. The summed E-state index contributed by atoms with van der Waals surface area (Å²) in [4.78, 5) is 70.3. The topological polar surface area (TPSA) is 231 Å². The van der Waals surface area contributed by atoms with E-state index in [1.165, 1.54) is 0 Å². The second-order valence-corrected chi connectivity index (χ2v) is 7.45. The third-order valence-corrected chi connectivity index (χ3v) is 4.47. The summed E-state index contributed by atoms with van der Waals surface area (Å²) in [5.74, 6) is -6.66. The molecule has 0 aromatic heterocycles. The summed E-state index contributed by atoms with van der Waals surface area (Å²) in [5, 5.41) is 24.8. The summed E-state index contributed by atoms with van der Waals surface area (Å²) in [6, 6.07) is -5.20. The van der Waals surface area contributed by atoms with Crippen LogP contribution in [-0.4, -0.2) is 75.7 Å². The molecule has 0 bridgehead atoms. The smallest absolute Gasteiger partial charge is 0.326 e. The van der Waals surface area contributed by atoms with Gasteiger partial charge >= 0.3 is 11.9 Å². The molecule has 0 aliphatic rings. The molecule has 0 aromatic rings. The van der Waals surface area contributed by atoms with Crippen LogP contribution in [0, 0.1) is 5.92 Å². The van der Waals surface area contributed by atoms with Crippen LogP contribution in [0.1, 0.15) is 33.1 Å². The quantitative estimate of drug-likeness (QED) is 0.124. The number of hydrogen-bond acceptors (Lipinski definition) is 8. The van der Waals surface area contributed by atoms with Crippen molar-refractivity contribution in [1.29, 1.82) is 0 Å². The maximum Gasteiger partial charge on any atom is 0.326 e. The Bertz CT molecular complexity index is 702. The molecule has 0 fully saturated rings. The van der Waals surface area contributed by atoms with E-state index in [2.05, 4.69) is 23.3 Å². The number of carbonyl (C=O) groups is 6. The molecule has 0 saturated carbocycles. The van der Waals surface area contributed by atoms with Crippen LogP contribution in [0.15, 0.2) is 0 Å². The molecule has 0 rings (SSSR count). The molecule has 176 valence electrons. The van der Waals surface area contributed by atoms with Crippen LogP contribution in [0.5, 0.6) is 0 Å². The second kappa shape index (κ2) is 13.4. The molecule has 9 N–H and O–H groups in total. The van der Waals surface area contributed by atoms with E-state index in [1.807, 2.05) is 5.32 Å². The van der Waals surface area contributed by atoms with Crippen molar-refractivity contribution in [2.45, 2.75) is 57.3 Å². The Morgan fingerprint density at radius 1 is 0.903 bits per heavy atom. The van der Waals surface area contributed by atoms with Gasteiger partial charge in [0.25, 0.3) is 0 Å². The fraction of sp³-hybridized carbons (Fsp3) is 0.647. The molecule has 4 atom stereocenters. The molecule has 0 aliphatic carbocycles. The van der Waals surface area contributed by atoms with Crippen LogP contribution in [0.3, 0.4) is 0 Å². The lowest BCUT2D eigenvalue weighted by atomic mass is 10.0. The van der Waals surface area contributed by atoms with Crippen LogP contribution in [0.2, 0.25) is 0 Å². The average Bonchev–Trinajstić information content (AvgIpc) is 2.66. The van der Waals surface area contributed by atoms with Crippen LogP contribution in [0.4, 0.5) is 0 Å². The van der Waals surface area contributed by atoms with E-state index >= 15 is 0 Å². The highest BCUT2D eigenvalue weighted by Crippen LogP contribution is 2.06. The van der Waals surface area contributed by atoms with E-state index in [9.17, 15) is 28.8 Å². The normalized spacial score (nSPS) is 14.6. The van der Waals surface area contributed by atoms with E-state index in [0.29, 0.717) is 0 Å². The van der Waals surface area contributed by atoms with Crippen LogP contribution >= 0.6 is 12.6 Å². The summed E-state index contributed by atoms with van der Waals surface area (Å²) >= 11 is 3.91. The Morgan fingerprint density at radius 2 is 1.45 bits per heavy atom. The Kier molecular flexibility index (Phi) is 12.2. The van der Waals surface area contributed by atoms with Gasteiger partial charge in [-0.1, -0.05) is 13.8 Å². The largest absolute Gasteiger partial charge is 0.481 e. The Hall–Kier alpha value is -2.87. The maximum absolute atomic E-state index is 12.7. The Labute approximate surface area is 184 Å². The van der Waals surface area contributed by atoms with E-state index < -0.39 is 78.5 Å². The van der Waals surface area contributed by atoms with Crippen molar-refractivity contribution in [2.75, 3.05) is 5.75 Å². The number of thiol groups is 1. The monoisotopic (exact) mass is 463 g/mol. The van der Waals surface area contributed by atoms with Gasteiger partial charge in [0.05, 0.1) is 12.5 Å². The van der Waals surface area contributed by atoms with Crippen molar-refractivity contribution < 1.29 is 39.0 Å². The number of amides is 4. The summed E-state index contributed by atoms with van der Waals surface area (Å²) in [6.45, 7) is 3.24. The molecule has 0 saturated heterocycles. The highest BCUT2D eigenvalue weighted by molar-refractivity contribution is 7.80. The van der Waals surface area contributed by atoms with Crippen molar-refractivity contribution >= 4 is 48.2 Å². The van der Waals surface area contributed by atoms with Gasteiger partial charge in [0.1, 0.15) is 18.1 Å². The third kappa shape index (κ3) is 10.6. The van der Waals surface area contributed by atoms with Gasteiger partial charge in [-0.15, -0.1) is 0 Å². The standard InChI is InChI=1S/C17H29N5O8S/c1-7(2)13(22-14(26)8(18)6-31)16(28)20-9(3-4-12(24)25)15(27)21-10(17(29)30)5-11(19)23/h7-10,13,31H,3-6,18H2,1-2H3,(H2,19,23)(H,20,28)(H,21,27)(H,22,26)(H,24,25)(H,29,30). The first-order chi connectivity index (χ1) is 14.3. The Morgan fingerprint density at radius 3 is 1.87 bits per heavy atom. The number of hydrogen-bond donors (Lipinski definition) is 8. The number of primary amides is 1. The number of carboxylic acids is 2. The fourth-order valence-electron chi connectivity index (χ4n) is 2.35. The predicted molar refractivity (Wildman–Crippen MR) is 111 cm³/mol. The van der Waals surface area contributed by atoms with Crippen molar-refractivity contribution in [3.63, 3.8) is 0 Å². The molecule has 0 aromatic carbocycles. The van der Waals surface area contributed by atoms with Crippen molar-refractivity contribution in [3.8, 4) is 0 Å². The minimum Gasteiger partial charge on any atom is -0.481 e. The molecule has 31 heavy (non-hydrogen) atoms. The van der Waals surface area contributed by atoms with Crippen molar-refractivity contribution in [2.24, 2.45) is 17.4 Å². The molecule has 0 aliphatic heterocycles. The molecule has 4 amide bonds. The summed E-state index contributed by atoms with van der Waals surface area (Å²) < 4.78 is 0. The highest BCUT2D eigenvalue weighted by Gasteiger charge is 2.32. The molecule has 13 nitrogen and oxygen atoms in total. The lowest BCUT2D eigenvalue weighted by Gasteiger charge is -2.26. The van der Waals surface area contributed by atoms with Gasteiger partial charge in [-0.25, -0.2) is 4.79 Å². The first kappa shape index (κ1) is 28.1. The van der Waals surface area contributed by atoms with Crippen LogP contribution in [0.25, 0.3) is 0 Å². The van der Waals surface area contributed by atoms with Crippen molar-refractivity contribution in [3.05, 3.63) is 0 Å². The van der Waals surface area contributed by atoms with Gasteiger partial charge in [-0.05, 0) is 12.3 Å². The van der Waals surface area contributed by atoms with Gasteiger partial charge < -0.3 is 37.6 Å². The first-order valence-electron chi connectivity index (χ1n) is 9.30. The lowest BCUT2D eigenvalue weighted by Crippen LogP contribution is -2.58. The van der Waals surface area contributed by atoms with E-state index in [4.69, 9.17) is 21.7 Å². The minimum absolute atomic E-state index is 0.0261. The van der Waals surface area contributed by atoms with Gasteiger partial charge in [0.15, 0.2) is 0 Å². The third-order valence-electron chi connectivity index (χ3n) is 4.08. The number of nitrogens with two attached hydrogens (primary N) is 2. The molecule has 14 heteroatoms. The van der Waals surface area contributed by atoms with Gasteiger partial charge in [0.2, 0.25) is 23.6 Å². The zero-order valence-electron chi connectivity index (χ0n) is 17.2. The van der Waals surface area contributed by atoms with E-state index in [1.54, 1.807) is 13.8 Å². The zero-order chi connectivity index (χ0) is 24.3. The number of rotatable bonds is 14. The molecular weight excluding hydrogens is 434 g/mol.